The van der Waals surface area contributed by atoms with E-state index in [1.165, 1.54) is 0 Å². The van der Waals surface area contributed by atoms with Crippen LogP contribution in [0.25, 0.3) is 0 Å². The Morgan fingerprint density at radius 1 is 1.15 bits per heavy atom. The maximum absolute atomic E-state index is 6.48. The molecular weight excluding hydrogens is 250 g/mol. The molecule has 2 aliphatic heterocycles. The van der Waals surface area contributed by atoms with Crippen LogP contribution in [0.15, 0.2) is 24.3 Å². The van der Waals surface area contributed by atoms with Crippen molar-refractivity contribution in [2.45, 2.75) is 32.0 Å². The Kier molecular flexibility index (Phi) is 3.96. The molecule has 1 saturated heterocycles. The largest absolute Gasteiger partial charge is 0.492 e. The zero-order valence-corrected chi connectivity index (χ0v) is 12.5. The van der Waals surface area contributed by atoms with Crippen molar-refractivity contribution >= 4 is 0 Å². The van der Waals surface area contributed by atoms with Gasteiger partial charge in [0.25, 0.3) is 0 Å². The van der Waals surface area contributed by atoms with Crippen LogP contribution in [-0.4, -0.2) is 54.7 Å². The molecule has 2 N–H and O–H groups in total. The van der Waals surface area contributed by atoms with E-state index in [0.717, 1.165) is 37.5 Å². The van der Waals surface area contributed by atoms with Crippen LogP contribution in [0.3, 0.4) is 0 Å². The van der Waals surface area contributed by atoms with Gasteiger partial charge in [0.1, 0.15) is 12.4 Å². The van der Waals surface area contributed by atoms with Crippen LogP contribution in [0, 0.1) is 0 Å². The van der Waals surface area contributed by atoms with E-state index in [1.54, 1.807) is 0 Å². The summed E-state index contributed by atoms with van der Waals surface area (Å²) in [6.07, 6.45) is 0. The minimum absolute atomic E-state index is 0.0607. The number of nitrogens with two attached hydrogens (primary N) is 1. The van der Waals surface area contributed by atoms with Gasteiger partial charge in [-0.3, -0.25) is 9.80 Å². The number of para-hydroxylation sites is 1. The molecule has 1 fully saturated rings. The second kappa shape index (κ2) is 5.72. The van der Waals surface area contributed by atoms with Gasteiger partial charge < -0.3 is 10.5 Å². The molecule has 4 nitrogen and oxygen atoms in total. The Labute approximate surface area is 121 Å². The van der Waals surface area contributed by atoms with Gasteiger partial charge in [-0.2, -0.15) is 0 Å². The number of rotatable bonds is 2. The van der Waals surface area contributed by atoms with E-state index < -0.39 is 0 Å². The van der Waals surface area contributed by atoms with Gasteiger partial charge in [0.05, 0.1) is 12.1 Å². The van der Waals surface area contributed by atoms with Crippen molar-refractivity contribution < 1.29 is 4.74 Å². The van der Waals surface area contributed by atoms with E-state index in [1.807, 2.05) is 18.2 Å². The van der Waals surface area contributed by atoms with Crippen molar-refractivity contribution in [2.75, 3.05) is 32.8 Å². The van der Waals surface area contributed by atoms with Crippen molar-refractivity contribution in [3.63, 3.8) is 0 Å². The van der Waals surface area contributed by atoms with E-state index in [0.29, 0.717) is 18.7 Å². The summed E-state index contributed by atoms with van der Waals surface area (Å²) in [5.74, 6) is 0.956. The van der Waals surface area contributed by atoms with Gasteiger partial charge >= 0.3 is 0 Å². The lowest BCUT2D eigenvalue weighted by molar-refractivity contribution is 0.0397. The zero-order chi connectivity index (χ0) is 14.1. The van der Waals surface area contributed by atoms with E-state index in [-0.39, 0.29) is 6.04 Å². The first kappa shape index (κ1) is 13.9. The lowest BCUT2D eigenvalue weighted by atomic mass is 9.95. The molecule has 2 aliphatic rings. The second-order valence-corrected chi connectivity index (χ2v) is 6.11. The molecule has 0 saturated carbocycles. The number of piperazine rings is 1. The molecule has 2 heterocycles. The summed E-state index contributed by atoms with van der Waals surface area (Å²) >= 11 is 0. The second-order valence-electron chi connectivity index (χ2n) is 6.11. The topological polar surface area (TPSA) is 41.7 Å². The van der Waals surface area contributed by atoms with Gasteiger partial charge in [0.2, 0.25) is 0 Å². The summed E-state index contributed by atoms with van der Waals surface area (Å²) < 4.78 is 5.90. The Morgan fingerprint density at radius 3 is 2.55 bits per heavy atom. The van der Waals surface area contributed by atoms with Crippen LogP contribution in [0.1, 0.15) is 25.5 Å². The minimum atomic E-state index is 0.0607. The summed E-state index contributed by atoms with van der Waals surface area (Å²) in [6.45, 7) is 9.66. The molecule has 0 radical (unpaired) electrons. The molecule has 20 heavy (non-hydrogen) atoms. The summed E-state index contributed by atoms with van der Waals surface area (Å²) in [6, 6.07) is 9.16. The molecule has 0 aliphatic carbocycles. The van der Waals surface area contributed by atoms with Gasteiger partial charge in [-0.25, -0.2) is 0 Å². The van der Waals surface area contributed by atoms with Crippen molar-refractivity contribution in [1.82, 2.24) is 9.80 Å². The highest BCUT2D eigenvalue weighted by Gasteiger charge is 2.34. The molecule has 0 amide bonds. The van der Waals surface area contributed by atoms with Crippen molar-refractivity contribution in [2.24, 2.45) is 5.73 Å². The summed E-state index contributed by atoms with van der Waals surface area (Å²) in [5.41, 5.74) is 7.63. The lowest BCUT2D eigenvalue weighted by Gasteiger charge is -2.44. The molecule has 0 aromatic heterocycles. The molecule has 2 unspecified atom stereocenters. The number of benzene rings is 1. The van der Waals surface area contributed by atoms with Crippen LogP contribution in [-0.2, 0) is 0 Å². The van der Waals surface area contributed by atoms with Crippen LogP contribution < -0.4 is 10.5 Å². The van der Waals surface area contributed by atoms with E-state index in [9.17, 15) is 0 Å². The molecule has 3 rings (SSSR count). The van der Waals surface area contributed by atoms with Gasteiger partial charge in [0.15, 0.2) is 0 Å². The lowest BCUT2D eigenvalue weighted by Crippen LogP contribution is -2.56. The monoisotopic (exact) mass is 275 g/mol. The number of hydrogen-bond donors (Lipinski definition) is 1. The van der Waals surface area contributed by atoms with Crippen molar-refractivity contribution in [1.29, 1.82) is 0 Å². The highest BCUT2D eigenvalue weighted by molar-refractivity contribution is 5.38. The molecule has 0 bridgehead atoms. The molecule has 2 atom stereocenters. The average molecular weight is 275 g/mol. The zero-order valence-electron chi connectivity index (χ0n) is 12.5. The Hall–Kier alpha value is -1.10. The van der Waals surface area contributed by atoms with Crippen LogP contribution >= 0.6 is 0 Å². The van der Waals surface area contributed by atoms with Crippen LogP contribution in [0.2, 0.25) is 0 Å². The Bertz CT molecular complexity index is 455. The van der Waals surface area contributed by atoms with Crippen LogP contribution in [0.5, 0.6) is 5.75 Å². The van der Waals surface area contributed by atoms with Gasteiger partial charge in [-0.05, 0) is 19.9 Å². The highest BCUT2D eigenvalue weighted by Crippen LogP contribution is 2.32. The maximum Gasteiger partial charge on any atom is 0.124 e. The number of ether oxygens (including phenoxy) is 1. The summed E-state index contributed by atoms with van der Waals surface area (Å²) in [4.78, 5) is 5.03. The standard InChI is InChI=1S/C16H25N3O/c1-12(2)18-7-9-19(10-8-18)14-11-20-15-6-4-3-5-13(15)16(14)17/h3-6,12,14,16H,7-11,17H2,1-2H3. The molecular formula is C16H25N3O. The van der Waals surface area contributed by atoms with Crippen molar-refractivity contribution in [3.05, 3.63) is 29.8 Å². The third-order valence-electron chi connectivity index (χ3n) is 4.65. The third kappa shape index (κ3) is 2.55. The summed E-state index contributed by atoms with van der Waals surface area (Å²) in [5, 5.41) is 0. The van der Waals surface area contributed by atoms with E-state index >= 15 is 0 Å². The third-order valence-corrected chi connectivity index (χ3v) is 4.65. The van der Waals surface area contributed by atoms with Crippen LogP contribution in [0.4, 0.5) is 0 Å². The number of fused-ring (bicyclic) bond motifs is 1. The molecule has 1 aromatic carbocycles. The normalized spacial score (nSPS) is 28.2. The predicted octanol–water partition coefficient (Wildman–Crippen LogP) is 1.47. The molecule has 110 valence electrons. The van der Waals surface area contributed by atoms with Gasteiger partial charge in [-0.1, -0.05) is 18.2 Å². The number of nitrogens with zero attached hydrogens (tertiary/aromatic N) is 2. The fraction of sp³-hybridized carbons (Fsp3) is 0.625. The molecule has 1 aromatic rings. The molecule has 4 heteroatoms. The SMILES string of the molecule is CC(C)N1CCN(C2COc3ccccc3C2N)CC1. The predicted molar refractivity (Wildman–Crippen MR) is 80.9 cm³/mol. The van der Waals surface area contributed by atoms with Gasteiger partial charge in [0, 0.05) is 37.8 Å². The minimum Gasteiger partial charge on any atom is -0.492 e. The first-order valence-electron chi connectivity index (χ1n) is 7.62. The smallest absolute Gasteiger partial charge is 0.124 e. The maximum atomic E-state index is 6.48. The van der Waals surface area contributed by atoms with E-state index in [2.05, 4.69) is 29.7 Å². The molecule has 0 spiro atoms. The number of hydrogen-bond acceptors (Lipinski definition) is 4. The van der Waals surface area contributed by atoms with E-state index in [4.69, 9.17) is 10.5 Å². The quantitative estimate of drug-likeness (QED) is 0.887. The Morgan fingerprint density at radius 2 is 1.85 bits per heavy atom. The van der Waals surface area contributed by atoms with Gasteiger partial charge in [-0.15, -0.1) is 0 Å². The fourth-order valence-corrected chi connectivity index (χ4v) is 3.29. The summed E-state index contributed by atoms with van der Waals surface area (Å²) in [7, 11) is 0. The highest BCUT2D eigenvalue weighted by atomic mass is 16.5. The Balaban J connectivity index is 1.68. The first-order chi connectivity index (χ1) is 9.66. The fourth-order valence-electron chi connectivity index (χ4n) is 3.29. The van der Waals surface area contributed by atoms with Crippen molar-refractivity contribution in [3.8, 4) is 5.75 Å². The average Bonchev–Trinajstić information content (AvgIpc) is 2.48. The first-order valence-corrected chi connectivity index (χ1v) is 7.62.